The number of carbonyl (C=O) groups is 2. The van der Waals surface area contributed by atoms with Crippen LogP contribution in [0.3, 0.4) is 0 Å². The largest absolute Gasteiger partial charge is 0.497 e. The van der Waals surface area contributed by atoms with Gasteiger partial charge in [0.25, 0.3) is 5.91 Å². The van der Waals surface area contributed by atoms with Crippen molar-refractivity contribution in [2.45, 2.75) is 17.7 Å². The number of anilines is 1. The molecule has 2 aliphatic rings. The number of likely N-dealkylation sites (tertiary alicyclic amines) is 1. The highest BCUT2D eigenvalue weighted by Gasteiger charge is 2.49. The Balaban J connectivity index is 1.50. The van der Waals surface area contributed by atoms with Gasteiger partial charge in [0, 0.05) is 28.8 Å². The van der Waals surface area contributed by atoms with Crippen molar-refractivity contribution in [3.8, 4) is 5.75 Å². The molecule has 0 aromatic heterocycles. The van der Waals surface area contributed by atoms with Gasteiger partial charge in [0.05, 0.1) is 17.7 Å². The van der Waals surface area contributed by atoms with Crippen molar-refractivity contribution < 1.29 is 14.3 Å². The van der Waals surface area contributed by atoms with Gasteiger partial charge in [-0.15, -0.1) is 11.8 Å². The molecule has 2 aromatic carbocycles. The fourth-order valence-corrected chi connectivity index (χ4v) is 5.46. The third-order valence-corrected chi connectivity index (χ3v) is 7.42. The maximum atomic E-state index is 12.8. The highest BCUT2D eigenvalue weighted by Crippen LogP contribution is 2.47. The first-order valence-electron chi connectivity index (χ1n) is 9.18. The van der Waals surface area contributed by atoms with E-state index in [0.717, 1.165) is 28.8 Å². The number of hydrogen-bond donors (Lipinski definition) is 0. The minimum atomic E-state index is -0.276. The topological polar surface area (TPSA) is 49.9 Å². The van der Waals surface area contributed by atoms with Gasteiger partial charge in [0.15, 0.2) is 0 Å². The minimum Gasteiger partial charge on any atom is -0.497 e. The van der Waals surface area contributed by atoms with Crippen LogP contribution in [0.4, 0.5) is 5.69 Å². The number of piperidine rings is 1. The smallest absolute Gasteiger partial charge is 0.253 e. The van der Waals surface area contributed by atoms with Crippen molar-refractivity contribution in [1.82, 2.24) is 4.90 Å². The number of halogens is 1. The molecule has 0 radical (unpaired) electrons. The van der Waals surface area contributed by atoms with E-state index in [1.807, 2.05) is 58.3 Å². The van der Waals surface area contributed by atoms with Gasteiger partial charge >= 0.3 is 0 Å². The number of methoxy groups -OCH3 is 1. The molecule has 0 aliphatic carbocycles. The van der Waals surface area contributed by atoms with E-state index in [4.69, 9.17) is 4.74 Å². The molecule has 2 amide bonds. The van der Waals surface area contributed by atoms with Crippen molar-refractivity contribution in [3.63, 3.8) is 0 Å². The fraction of sp³-hybridized carbons (Fsp3) is 0.333. The molecule has 2 fully saturated rings. The Bertz CT molecular complexity index is 878. The van der Waals surface area contributed by atoms with E-state index in [9.17, 15) is 9.59 Å². The van der Waals surface area contributed by atoms with Gasteiger partial charge in [0.2, 0.25) is 5.91 Å². The summed E-state index contributed by atoms with van der Waals surface area (Å²) in [5, 5.41) is 0. The van der Waals surface area contributed by atoms with Gasteiger partial charge in [-0.25, -0.2) is 0 Å². The molecule has 5 nitrogen and oxygen atoms in total. The molecule has 146 valence electrons. The van der Waals surface area contributed by atoms with E-state index in [1.54, 1.807) is 18.9 Å². The van der Waals surface area contributed by atoms with Crippen LogP contribution in [0.25, 0.3) is 0 Å². The maximum Gasteiger partial charge on any atom is 0.253 e. The minimum absolute atomic E-state index is 0.0488. The van der Waals surface area contributed by atoms with E-state index in [0.29, 0.717) is 24.4 Å². The zero-order valence-electron chi connectivity index (χ0n) is 15.6. The number of hydrogen-bond acceptors (Lipinski definition) is 4. The molecule has 0 unspecified atom stereocenters. The molecular weight excluding hydrogens is 440 g/mol. The molecule has 1 spiro atoms. The molecule has 0 saturated carbocycles. The number of ether oxygens (including phenoxy) is 1. The van der Waals surface area contributed by atoms with Gasteiger partial charge in [-0.2, -0.15) is 0 Å². The quantitative estimate of drug-likeness (QED) is 0.689. The predicted octanol–water partition coefficient (Wildman–Crippen LogP) is 4.17. The van der Waals surface area contributed by atoms with Gasteiger partial charge in [0.1, 0.15) is 5.75 Å². The number of benzene rings is 2. The lowest BCUT2D eigenvalue weighted by molar-refractivity contribution is -0.116. The number of thioether (sulfide) groups is 1. The van der Waals surface area contributed by atoms with Crippen LogP contribution in [0.5, 0.6) is 5.75 Å². The van der Waals surface area contributed by atoms with Gasteiger partial charge in [-0.3, -0.25) is 14.5 Å². The van der Waals surface area contributed by atoms with E-state index < -0.39 is 0 Å². The Morgan fingerprint density at radius 2 is 1.71 bits per heavy atom. The Kier molecular flexibility index (Phi) is 5.38. The standard InChI is InChI=1S/C21H21BrN2O3S/c1-27-18-8-6-17(7-9-18)24-19(25)14-28-21(24)10-12-23(13-11-21)20(26)15-2-4-16(22)5-3-15/h2-9H,10-14H2,1H3. The molecule has 4 rings (SSSR count). The molecule has 0 bridgehead atoms. The van der Waals surface area contributed by atoms with E-state index in [-0.39, 0.29) is 16.7 Å². The van der Waals surface area contributed by atoms with Crippen molar-refractivity contribution >= 4 is 45.2 Å². The van der Waals surface area contributed by atoms with Crippen molar-refractivity contribution in [1.29, 1.82) is 0 Å². The average Bonchev–Trinajstić information content (AvgIpc) is 3.04. The van der Waals surface area contributed by atoms with Crippen molar-refractivity contribution in [2.24, 2.45) is 0 Å². The Labute approximate surface area is 177 Å². The SMILES string of the molecule is COc1ccc(N2C(=O)CSC23CCN(C(=O)c2ccc(Br)cc2)CC3)cc1. The predicted molar refractivity (Wildman–Crippen MR) is 115 cm³/mol. The lowest BCUT2D eigenvalue weighted by Crippen LogP contribution is -2.53. The summed E-state index contributed by atoms with van der Waals surface area (Å²) < 4.78 is 6.19. The summed E-state index contributed by atoms with van der Waals surface area (Å²) in [5.41, 5.74) is 1.59. The second-order valence-corrected chi connectivity index (χ2v) is 9.21. The Morgan fingerprint density at radius 3 is 2.32 bits per heavy atom. The summed E-state index contributed by atoms with van der Waals surface area (Å²) in [6.07, 6.45) is 1.52. The third kappa shape index (κ3) is 3.53. The van der Waals surface area contributed by atoms with Crippen LogP contribution in [0.1, 0.15) is 23.2 Å². The fourth-order valence-electron chi connectivity index (χ4n) is 3.87. The molecule has 28 heavy (non-hydrogen) atoms. The zero-order chi connectivity index (χ0) is 19.7. The maximum absolute atomic E-state index is 12.8. The van der Waals surface area contributed by atoms with Gasteiger partial charge < -0.3 is 9.64 Å². The van der Waals surface area contributed by atoms with Crippen LogP contribution in [-0.2, 0) is 4.79 Å². The molecule has 7 heteroatoms. The Morgan fingerprint density at radius 1 is 1.07 bits per heavy atom. The van der Waals surface area contributed by atoms with Crippen LogP contribution in [0, 0.1) is 0 Å². The third-order valence-electron chi connectivity index (χ3n) is 5.37. The van der Waals surface area contributed by atoms with Crippen LogP contribution in [0.15, 0.2) is 53.0 Å². The molecule has 2 aliphatic heterocycles. The molecule has 0 N–H and O–H groups in total. The summed E-state index contributed by atoms with van der Waals surface area (Å²) in [6.45, 7) is 1.28. The molecule has 2 saturated heterocycles. The molecular formula is C21H21BrN2O3S. The summed E-state index contributed by atoms with van der Waals surface area (Å²) in [5.74, 6) is 1.43. The second kappa shape index (κ2) is 7.79. The van der Waals surface area contributed by atoms with E-state index in [2.05, 4.69) is 15.9 Å². The van der Waals surface area contributed by atoms with E-state index in [1.165, 1.54) is 0 Å². The lowest BCUT2D eigenvalue weighted by atomic mass is 10.00. The highest BCUT2D eigenvalue weighted by molar-refractivity contribution is 9.10. The van der Waals surface area contributed by atoms with Crippen LogP contribution < -0.4 is 9.64 Å². The normalized spacial score (nSPS) is 18.6. The highest BCUT2D eigenvalue weighted by atomic mass is 79.9. The first-order chi connectivity index (χ1) is 13.5. The number of nitrogens with zero attached hydrogens (tertiary/aromatic N) is 2. The summed E-state index contributed by atoms with van der Waals surface area (Å²) >= 11 is 5.10. The monoisotopic (exact) mass is 460 g/mol. The average molecular weight is 461 g/mol. The molecule has 2 heterocycles. The van der Waals surface area contributed by atoms with Crippen LogP contribution >= 0.6 is 27.7 Å². The summed E-state index contributed by atoms with van der Waals surface area (Å²) in [6, 6.07) is 15.1. The Hall–Kier alpha value is -1.99. The van der Waals surface area contributed by atoms with Crippen molar-refractivity contribution in [2.75, 3.05) is 30.9 Å². The number of amides is 2. The zero-order valence-corrected chi connectivity index (χ0v) is 18.0. The first-order valence-corrected chi connectivity index (χ1v) is 11.0. The first kappa shape index (κ1) is 19.3. The number of rotatable bonds is 3. The summed E-state index contributed by atoms with van der Waals surface area (Å²) in [4.78, 5) is 29.0. The molecule has 2 aromatic rings. The number of carbonyl (C=O) groups excluding carboxylic acids is 2. The summed E-state index contributed by atoms with van der Waals surface area (Å²) in [7, 11) is 1.63. The van der Waals surface area contributed by atoms with Gasteiger partial charge in [-0.05, 0) is 61.4 Å². The van der Waals surface area contributed by atoms with Crippen LogP contribution in [0.2, 0.25) is 0 Å². The second-order valence-electron chi connectivity index (χ2n) is 6.96. The van der Waals surface area contributed by atoms with Crippen molar-refractivity contribution in [3.05, 3.63) is 58.6 Å². The van der Waals surface area contributed by atoms with Crippen LogP contribution in [-0.4, -0.2) is 47.5 Å². The lowest BCUT2D eigenvalue weighted by Gasteiger charge is -2.44. The molecule has 0 atom stereocenters. The van der Waals surface area contributed by atoms with E-state index >= 15 is 0 Å². The van der Waals surface area contributed by atoms with Gasteiger partial charge in [-0.1, -0.05) is 15.9 Å².